The van der Waals surface area contributed by atoms with Crippen molar-refractivity contribution >= 4 is 39.9 Å². The normalized spacial score (nSPS) is 10.1. The van der Waals surface area contributed by atoms with Crippen LogP contribution in [0.15, 0.2) is 36.4 Å². The fourth-order valence-corrected chi connectivity index (χ4v) is 2.58. The lowest BCUT2D eigenvalue weighted by molar-refractivity contribution is -0.385. The summed E-state index contributed by atoms with van der Waals surface area (Å²) in [7, 11) is 1.38. The van der Waals surface area contributed by atoms with E-state index in [0.717, 1.165) is 3.57 Å². The Morgan fingerprint density at radius 3 is 2.58 bits per heavy atom. The average Bonchev–Trinajstić information content (AvgIpc) is 2.56. The second kappa shape index (κ2) is 7.95. The van der Waals surface area contributed by atoms with Crippen molar-refractivity contribution in [1.82, 2.24) is 0 Å². The number of nitrogens with zero attached hydrogens (tertiary/aromatic N) is 1. The third kappa shape index (κ3) is 3.94. The minimum Gasteiger partial charge on any atom is -0.493 e. The summed E-state index contributed by atoms with van der Waals surface area (Å²) in [6, 6.07) is 9.66. The van der Waals surface area contributed by atoms with Gasteiger partial charge in [0.2, 0.25) is 0 Å². The quantitative estimate of drug-likeness (QED) is 0.417. The van der Waals surface area contributed by atoms with Crippen molar-refractivity contribution in [2.75, 3.05) is 19.0 Å². The molecule has 0 radical (unpaired) electrons. The van der Waals surface area contributed by atoms with E-state index in [-0.39, 0.29) is 22.7 Å². The summed E-state index contributed by atoms with van der Waals surface area (Å²) in [6.07, 6.45) is 0. The number of halogens is 1. The third-order valence-electron chi connectivity index (χ3n) is 3.15. The zero-order valence-electron chi connectivity index (χ0n) is 13.0. The standard InChI is InChI=1S/C16H15IN2O5/c1-3-24-15-8-10(13(19(21)22)9-14(15)23-2)16(20)18-12-7-5-4-6-11(12)17/h4-9H,3H2,1-2H3,(H,18,20). The van der Waals surface area contributed by atoms with E-state index in [2.05, 4.69) is 27.9 Å². The lowest BCUT2D eigenvalue weighted by atomic mass is 10.1. The van der Waals surface area contributed by atoms with Crippen LogP contribution in [0.3, 0.4) is 0 Å². The smallest absolute Gasteiger partial charge is 0.286 e. The van der Waals surface area contributed by atoms with Gasteiger partial charge in [-0.1, -0.05) is 12.1 Å². The molecule has 0 saturated heterocycles. The molecule has 2 aromatic rings. The summed E-state index contributed by atoms with van der Waals surface area (Å²) in [5.41, 5.74) is 0.133. The van der Waals surface area contributed by atoms with Gasteiger partial charge in [-0.05, 0) is 41.6 Å². The van der Waals surface area contributed by atoms with Crippen LogP contribution < -0.4 is 14.8 Å². The van der Waals surface area contributed by atoms with Gasteiger partial charge < -0.3 is 14.8 Å². The summed E-state index contributed by atoms with van der Waals surface area (Å²) in [4.78, 5) is 23.2. The van der Waals surface area contributed by atoms with E-state index in [4.69, 9.17) is 9.47 Å². The van der Waals surface area contributed by atoms with Crippen molar-refractivity contribution in [3.63, 3.8) is 0 Å². The minimum atomic E-state index is -0.622. The fourth-order valence-electron chi connectivity index (χ4n) is 2.06. The molecule has 0 fully saturated rings. The molecule has 8 heteroatoms. The highest BCUT2D eigenvalue weighted by Gasteiger charge is 2.25. The van der Waals surface area contributed by atoms with Crippen LogP contribution >= 0.6 is 22.6 Å². The van der Waals surface area contributed by atoms with Gasteiger partial charge in [0.1, 0.15) is 5.56 Å². The van der Waals surface area contributed by atoms with Crippen LogP contribution in [0.25, 0.3) is 0 Å². The molecule has 0 bridgehead atoms. The number of benzene rings is 2. The number of carbonyl (C=O) groups excluding carboxylic acids is 1. The molecule has 0 saturated carbocycles. The molecule has 2 aromatic carbocycles. The number of nitrogens with one attached hydrogen (secondary N) is 1. The summed E-state index contributed by atoms with van der Waals surface area (Å²) >= 11 is 2.07. The van der Waals surface area contributed by atoms with Gasteiger partial charge in [-0.15, -0.1) is 0 Å². The van der Waals surface area contributed by atoms with Crippen LogP contribution in [-0.2, 0) is 0 Å². The van der Waals surface area contributed by atoms with Crippen LogP contribution in [-0.4, -0.2) is 24.5 Å². The van der Waals surface area contributed by atoms with Gasteiger partial charge in [0.05, 0.1) is 30.4 Å². The lowest BCUT2D eigenvalue weighted by Gasteiger charge is -2.12. The first-order chi connectivity index (χ1) is 11.5. The first kappa shape index (κ1) is 18.0. The summed E-state index contributed by atoms with van der Waals surface area (Å²) in [6.45, 7) is 2.11. The fraction of sp³-hybridized carbons (Fsp3) is 0.188. The molecule has 0 aliphatic heterocycles. The van der Waals surface area contributed by atoms with Gasteiger partial charge in [0.15, 0.2) is 11.5 Å². The maximum Gasteiger partial charge on any atom is 0.286 e. The number of nitro benzene ring substituents is 1. The maximum absolute atomic E-state index is 12.5. The van der Waals surface area contributed by atoms with E-state index in [1.165, 1.54) is 19.2 Å². The highest BCUT2D eigenvalue weighted by atomic mass is 127. The third-order valence-corrected chi connectivity index (χ3v) is 4.09. The Bertz CT molecular complexity index is 779. The zero-order chi connectivity index (χ0) is 17.7. The molecule has 0 spiro atoms. The van der Waals surface area contributed by atoms with E-state index < -0.39 is 10.8 Å². The summed E-state index contributed by atoms with van der Waals surface area (Å²) < 4.78 is 11.3. The van der Waals surface area contributed by atoms with Crippen LogP contribution in [0.2, 0.25) is 0 Å². The number of anilines is 1. The second-order valence-electron chi connectivity index (χ2n) is 4.64. The van der Waals surface area contributed by atoms with E-state index in [0.29, 0.717) is 12.3 Å². The van der Waals surface area contributed by atoms with Gasteiger partial charge >= 0.3 is 0 Å². The number of nitro groups is 1. The number of rotatable bonds is 6. The zero-order valence-corrected chi connectivity index (χ0v) is 15.2. The highest BCUT2D eigenvalue weighted by molar-refractivity contribution is 14.1. The molecule has 0 heterocycles. The van der Waals surface area contributed by atoms with Crippen molar-refractivity contribution in [1.29, 1.82) is 0 Å². The predicted octanol–water partition coefficient (Wildman–Crippen LogP) is 3.86. The van der Waals surface area contributed by atoms with Crippen molar-refractivity contribution in [2.24, 2.45) is 0 Å². The molecule has 0 unspecified atom stereocenters. The van der Waals surface area contributed by atoms with Crippen LogP contribution in [0.4, 0.5) is 11.4 Å². The number of hydrogen-bond donors (Lipinski definition) is 1. The Labute approximate surface area is 152 Å². The molecule has 24 heavy (non-hydrogen) atoms. The van der Waals surface area contributed by atoms with E-state index in [1.807, 2.05) is 12.1 Å². The Morgan fingerprint density at radius 1 is 1.29 bits per heavy atom. The predicted molar refractivity (Wildman–Crippen MR) is 97.9 cm³/mol. The van der Waals surface area contributed by atoms with Gasteiger partial charge in [-0.2, -0.15) is 0 Å². The van der Waals surface area contributed by atoms with Crippen LogP contribution in [0.1, 0.15) is 17.3 Å². The molecule has 1 N–H and O–H groups in total. The molecular formula is C16H15IN2O5. The molecule has 126 valence electrons. The van der Waals surface area contributed by atoms with Gasteiger partial charge in [0.25, 0.3) is 11.6 Å². The van der Waals surface area contributed by atoms with Crippen LogP contribution in [0, 0.1) is 13.7 Å². The van der Waals surface area contributed by atoms with E-state index in [1.54, 1.807) is 19.1 Å². The SMILES string of the molecule is CCOc1cc(C(=O)Nc2ccccc2I)c([N+](=O)[O-])cc1OC. The van der Waals surface area contributed by atoms with Crippen molar-refractivity contribution in [3.05, 3.63) is 55.6 Å². The average molecular weight is 442 g/mol. The number of hydrogen-bond acceptors (Lipinski definition) is 5. The number of para-hydroxylation sites is 1. The Balaban J connectivity index is 2.46. The second-order valence-corrected chi connectivity index (χ2v) is 5.81. The molecule has 2 rings (SSSR count). The first-order valence-electron chi connectivity index (χ1n) is 7.03. The van der Waals surface area contributed by atoms with Gasteiger partial charge in [-0.3, -0.25) is 14.9 Å². The van der Waals surface area contributed by atoms with Crippen molar-refractivity contribution in [3.8, 4) is 11.5 Å². The lowest BCUT2D eigenvalue weighted by Crippen LogP contribution is -2.15. The molecule has 7 nitrogen and oxygen atoms in total. The molecule has 1 amide bonds. The molecule has 0 aromatic heterocycles. The summed E-state index contributed by atoms with van der Waals surface area (Å²) in [5.74, 6) is -0.109. The molecular weight excluding hydrogens is 427 g/mol. The number of carbonyl (C=O) groups is 1. The number of ether oxygens (including phenoxy) is 2. The van der Waals surface area contributed by atoms with Gasteiger partial charge in [-0.25, -0.2) is 0 Å². The largest absolute Gasteiger partial charge is 0.493 e. The minimum absolute atomic E-state index is 0.0936. The van der Waals surface area contributed by atoms with Crippen molar-refractivity contribution < 1.29 is 19.2 Å². The Morgan fingerprint density at radius 2 is 2.00 bits per heavy atom. The first-order valence-corrected chi connectivity index (χ1v) is 8.10. The maximum atomic E-state index is 12.5. The molecule has 0 aliphatic rings. The van der Waals surface area contributed by atoms with E-state index >= 15 is 0 Å². The number of methoxy groups -OCH3 is 1. The Hall–Kier alpha value is -2.36. The van der Waals surface area contributed by atoms with Crippen LogP contribution in [0.5, 0.6) is 11.5 Å². The van der Waals surface area contributed by atoms with Gasteiger partial charge in [0, 0.05) is 9.64 Å². The monoisotopic (exact) mass is 442 g/mol. The molecule has 0 atom stereocenters. The number of amides is 1. The topological polar surface area (TPSA) is 90.7 Å². The molecule has 0 aliphatic carbocycles. The van der Waals surface area contributed by atoms with E-state index in [9.17, 15) is 14.9 Å². The Kier molecular flexibility index (Phi) is 5.96. The summed E-state index contributed by atoms with van der Waals surface area (Å²) in [5, 5.41) is 14.0. The van der Waals surface area contributed by atoms with Crippen molar-refractivity contribution in [2.45, 2.75) is 6.92 Å². The highest BCUT2D eigenvalue weighted by Crippen LogP contribution is 2.35.